The molecule has 3 atom stereocenters. The fourth-order valence-electron chi connectivity index (χ4n) is 6.79. The van der Waals surface area contributed by atoms with Crippen LogP contribution < -0.4 is 4.90 Å². The van der Waals surface area contributed by atoms with E-state index in [-0.39, 0.29) is 17.1 Å². The van der Waals surface area contributed by atoms with Crippen molar-refractivity contribution < 1.29 is 9.18 Å². The molecule has 27 heavy (non-hydrogen) atoms. The number of benzene rings is 1. The van der Waals surface area contributed by atoms with Gasteiger partial charge in [0.05, 0.1) is 0 Å². The van der Waals surface area contributed by atoms with Crippen molar-refractivity contribution in [3.05, 3.63) is 29.6 Å². The molecular weight excluding hydrogens is 339 g/mol. The Morgan fingerprint density at radius 1 is 1.11 bits per heavy atom. The van der Waals surface area contributed by atoms with Gasteiger partial charge in [-0.3, -0.25) is 4.79 Å². The van der Waals surface area contributed by atoms with Crippen molar-refractivity contribution in [1.82, 2.24) is 4.90 Å². The Balaban J connectivity index is 1.36. The molecule has 0 aromatic heterocycles. The van der Waals surface area contributed by atoms with Crippen LogP contribution in [0.5, 0.6) is 0 Å². The summed E-state index contributed by atoms with van der Waals surface area (Å²) in [7, 11) is 0. The van der Waals surface area contributed by atoms with Gasteiger partial charge < -0.3 is 9.80 Å². The molecule has 3 fully saturated rings. The minimum atomic E-state index is -0.179. The van der Waals surface area contributed by atoms with Crippen LogP contribution in [0.25, 0.3) is 0 Å². The third-order valence-electron chi connectivity index (χ3n) is 8.18. The Morgan fingerprint density at radius 2 is 1.89 bits per heavy atom. The Labute approximate surface area is 161 Å². The predicted molar refractivity (Wildman–Crippen MR) is 105 cm³/mol. The highest BCUT2D eigenvalue weighted by Crippen LogP contribution is 2.50. The summed E-state index contributed by atoms with van der Waals surface area (Å²) in [5, 5.41) is 0. The normalized spacial score (nSPS) is 32.5. The van der Waals surface area contributed by atoms with Gasteiger partial charge in [0.1, 0.15) is 5.82 Å². The predicted octanol–water partition coefficient (Wildman–Crippen LogP) is 4.49. The van der Waals surface area contributed by atoms with E-state index in [1.165, 1.54) is 44.6 Å². The maximum absolute atomic E-state index is 14.0. The zero-order valence-electron chi connectivity index (χ0n) is 16.4. The number of rotatable bonds is 1. The van der Waals surface area contributed by atoms with Crippen LogP contribution >= 0.6 is 0 Å². The van der Waals surface area contributed by atoms with Crippen LogP contribution in [0, 0.1) is 17.7 Å². The first-order valence-electron chi connectivity index (χ1n) is 10.9. The molecule has 2 heterocycles. The van der Waals surface area contributed by atoms with Crippen molar-refractivity contribution in [2.24, 2.45) is 11.8 Å². The van der Waals surface area contributed by atoms with E-state index < -0.39 is 0 Å². The monoisotopic (exact) mass is 370 g/mol. The lowest BCUT2D eigenvalue weighted by Gasteiger charge is -2.44. The number of carbonyl (C=O) groups excluding carboxylic acids is 1. The van der Waals surface area contributed by atoms with Gasteiger partial charge >= 0.3 is 0 Å². The maximum Gasteiger partial charge on any atom is 0.223 e. The molecule has 146 valence electrons. The lowest BCUT2D eigenvalue weighted by atomic mass is 9.73. The summed E-state index contributed by atoms with van der Waals surface area (Å²) < 4.78 is 14.0. The largest absolute Gasteiger partial charge is 0.311 e. The zero-order valence-corrected chi connectivity index (χ0v) is 16.4. The van der Waals surface area contributed by atoms with Gasteiger partial charge in [-0.15, -0.1) is 0 Å². The molecule has 1 aromatic carbocycles. The first-order valence-corrected chi connectivity index (χ1v) is 10.9. The standard InChI is InChI=1S/C23H31FN2O/c1-16(27)26-15-23(20-14-18(24)7-9-22(20)26)10-12-25(13-11-23)21-8-6-17-4-2-3-5-19(17)21/h7,9,14,17,19,21H,2-6,8,10-13,15H2,1H3/t17?,19-,21?/m1/s1. The molecule has 4 heteroatoms. The van der Waals surface area contributed by atoms with E-state index in [9.17, 15) is 9.18 Å². The minimum absolute atomic E-state index is 0.0514. The maximum atomic E-state index is 14.0. The number of nitrogens with zero attached hydrogens (tertiary/aromatic N) is 2. The molecule has 3 nitrogen and oxygen atoms in total. The van der Waals surface area contributed by atoms with E-state index in [1.54, 1.807) is 19.1 Å². The van der Waals surface area contributed by atoms with E-state index in [1.807, 2.05) is 4.90 Å². The van der Waals surface area contributed by atoms with Crippen LogP contribution in [0.1, 0.15) is 63.9 Å². The summed E-state index contributed by atoms with van der Waals surface area (Å²) in [5.74, 6) is 1.77. The first-order chi connectivity index (χ1) is 13.1. The number of likely N-dealkylation sites (tertiary alicyclic amines) is 1. The number of carbonyl (C=O) groups is 1. The smallest absolute Gasteiger partial charge is 0.223 e. The Kier molecular flexibility index (Phi) is 4.30. The highest BCUT2D eigenvalue weighted by atomic mass is 19.1. The third-order valence-corrected chi connectivity index (χ3v) is 8.18. The Morgan fingerprint density at radius 3 is 2.67 bits per heavy atom. The summed E-state index contributed by atoms with van der Waals surface area (Å²) in [5.41, 5.74) is 1.95. The van der Waals surface area contributed by atoms with Crippen LogP contribution in [-0.2, 0) is 10.2 Å². The second kappa shape index (κ2) is 6.58. The van der Waals surface area contributed by atoms with E-state index in [0.29, 0.717) is 0 Å². The second-order valence-electron chi connectivity index (χ2n) is 9.44. The number of halogens is 1. The molecule has 0 bridgehead atoms. The molecule has 4 aliphatic rings. The molecule has 1 spiro atoms. The molecule has 1 aromatic rings. The van der Waals surface area contributed by atoms with Crippen LogP contribution in [0.4, 0.5) is 10.1 Å². The molecule has 5 rings (SSSR count). The molecule has 1 amide bonds. The fourth-order valence-corrected chi connectivity index (χ4v) is 6.79. The average Bonchev–Trinajstić information content (AvgIpc) is 3.23. The minimum Gasteiger partial charge on any atom is -0.311 e. The number of amides is 1. The van der Waals surface area contributed by atoms with E-state index in [0.717, 1.165) is 61.6 Å². The quantitative estimate of drug-likeness (QED) is 0.727. The first kappa shape index (κ1) is 17.7. The molecule has 2 aliphatic carbocycles. The molecule has 2 saturated carbocycles. The zero-order chi connectivity index (χ0) is 18.6. The molecular formula is C23H31FN2O. The Hall–Kier alpha value is -1.42. The van der Waals surface area contributed by atoms with E-state index in [2.05, 4.69) is 4.90 Å². The number of anilines is 1. The summed E-state index contributed by atoms with van der Waals surface area (Å²) in [6.07, 6.45) is 10.6. The van der Waals surface area contributed by atoms with Crippen LogP contribution in [0.2, 0.25) is 0 Å². The van der Waals surface area contributed by atoms with Crippen molar-refractivity contribution in [1.29, 1.82) is 0 Å². The van der Waals surface area contributed by atoms with Gasteiger partial charge in [0.25, 0.3) is 0 Å². The van der Waals surface area contributed by atoms with Gasteiger partial charge in [0.2, 0.25) is 5.91 Å². The Bertz CT molecular complexity index is 740. The van der Waals surface area contributed by atoms with Crippen molar-refractivity contribution in [2.45, 2.75) is 69.7 Å². The van der Waals surface area contributed by atoms with Crippen LogP contribution in [0.15, 0.2) is 18.2 Å². The lowest BCUT2D eigenvalue weighted by molar-refractivity contribution is -0.116. The highest BCUT2D eigenvalue weighted by molar-refractivity contribution is 5.94. The van der Waals surface area contributed by atoms with Crippen molar-refractivity contribution in [2.75, 3.05) is 24.5 Å². The van der Waals surface area contributed by atoms with Crippen LogP contribution in [-0.4, -0.2) is 36.5 Å². The highest BCUT2D eigenvalue weighted by Gasteiger charge is 2.48. The second-order valence-corrected chi connectivity index (χ2v) is 9.44. The van der Waals surface area contributed by atoms with Crippen molar-refractivity contribution in [3.8, 4) is 0 Å². The third kappa shape index (κ3) is 2.83. The van der Waals surface area contributed by atoms with Crippen molar-refractivity contribution >= 4 is 11.6 Å². The lowest BCUT2D eigenvalue weighted by Crippen LogP contribution is -2.50. The van der Waals surface area contributed by atoms with Crippen molar-refractivity contribution in [3.63, 3.8) is 0 Å². The van der Waals surface area contributed by atoms with Gasteiger partial charge in [-0.2, -0.15) is 0 Å². The molecule has 2 aliphatic heterocycles. The van der Waals surface area contributed by atoms with Gasteiger partial charge in [-0.05, 0) is 80.8 Å². The number of hydrogen-bond acceptors (Lipinski definition) is 2. The van der Waals surface area contributed by atoms with Gasteiger partial charge in [-0.1, -0.05) is 19.3 Å². The van der Waals surface area contributed by atoms with Gasteiger partial charge in [-0.25, -0.2) is 4.39 Å². The SMILES string of the molecule is CC(=O)N1CC2(CCN(C3CCC4CCCC[C@H]43)CC2)c2cc(F)ccc21. The van der Waals surface area contributed by atoms with Gasteiger partial charge in [0.15, 0.2) is 0 Å². The number of piperidine rings is 1. The molecule has 0 radical (unpaired) electrons. The number of hydrogen-bond donors (Lipinski definition) is 0. The average molecular weight is 371 g/mol. The fraction of sp³-hybridized carbons (Fsp3) is 0.696. The summed E-state index contributed by atoms with van der Waals surface area (Å²) in [6, 6.07) is 5.76. The topological polar surface area (TPSA) is 23.6 Å². The molecule has 2 unspecified atom stereocenters. The molecule has 1 saturated heterocycles. The van der Waals surface area contributed by atoms with Crippen LogP contribution in [0.3, 0.4) is 0 Å². The summed E-state index contributed by atoms with van der Waals surface area (Å²) >= 11 is 0. The van der Waals surface area contributed by atoms with Gasteiger partial charge in [0, 0.05) is 30.6 Å². The molecule has 0 N–H and O–H groups in total. The summed E-state index contributed by atoms with van der Waals surface area (Å²) in [4.78, 5) is 16.8. The number of fused-ring (bicyclic) bond motifs is 3. The summed E-state index contributed by atoms with van der Waals surface area (Å²) in [6.45, 7) is 4.54. The van der Waals surface area contributed by atoms with E-state index in [4.69, 9.17) is 0 Å². The van der Waals surface area contributed by atoms with E-state index >= 15 is 0 Å².